The molecule has 5 rings (SSSR count). The molecule has 2 amide bonds. The molecule has 0 saturated carbocycles. The number of aryl methyl sites for hydroxylation is 1. The van der Waals surface area contributed by atoms with Crippen LogP contribution in [-0.4, -0.2) is 198 Å². The number of hydrogen-bond donors (Lipinski definition) is 6. The fourth-order valence-electron chi connectivity index (χ4n) is 8.04. The minimum absolute atomic E-state index is 0. The van der Waals surface area contributed by atoms with E-state index in [9.17, 15) is 49.3 Å². The second kappa shape index (κ2) is 24.4. The molecule has 3 aromatic carbocycles. The van der Waals surface area contributed by atoms with Crippen LogP contribution in [0.15, 0.2) is 66.7 Å². The second-order valence-electron chi connectivity index (χ2n) is 16.0. The predicted octanol–water partition coefficient (Wildman–Crippen LogP) is -1.04. The van der Waals surface area contributed by atoms with E-state index in [1.165, 1.54) is 0 Å². The first-order chi connectivity index (χ1) is 29.5. The van der Waals surface area contributed by atoms with Crippen LogP contribution >= 0.6 is 0 Å². The smallest absolute Gasteiger partial charge is 0.480 e. The van der Waals surface area contributed by atoms with Crippen molar-refractivity contribution in [3.63, 3.8) is 0 Å². The van der Waals surface area contributed by atoms with E-state index in [1.54, 1.807) is 38.8 Å². The van der Waals surface area contributed by atoms with Crippen molar-refractivity contribution in [2.24, 2.45) is 7.05 Å². The summed E-state index contributed by atoms with van der Waals surface area (Å²) >= 11 is 0. The monoisotopic (exact) mass is 1010 g/mol. The van der Waals surface area contributed by atoms with Gasteiger partial charge in [0.05, 0.1) is 43.0 Å². The number of benzene rings is 3. The molecule has 1 radical (unpaired) electrons. The van der Waals surface area contributed by atoms with Crippen molar-refractivity contribution in [2.45, 2.75) is 12.6 Å². The number of likely N-dealkylation sites (N-methyl/N-ethyl adjacent to an activating group) is 2. The van der Waals surface area contributed by atoms with Crippen molar-refractivity contribution in [3.05, 3.63) is 83.6 Å². The summed E-state index contributed by atoms with van der Waals surface area (Å²) in [6.07, 6.45) is 0. The van der Waals surface area contributed by atoms with Gasteiger partial charge in [0.2, 0.25) is 11.4 Å². The molecule has 1 aromatic heterocycles. The van der Waals surface area contributed by atoms with E-state index in [0.29, 0.717) is 42.9 Å². The molecule has 0 bridgehead atoms. The number of carboxylic acid groups (broad SMARTS) is 3. The van der Waals surface area contributed by atoms with Crippen LogP contribution in [0, 0.1) is 49.4 Å². The normalized spacial score (nSPS) is 15.5. The molecule has 339 valence electrons. The number of carbonyl (C=O) groups excluding carboxylic acids is 2. The van der Waals surface area contributed by atoms with Crippen LogP contribution < -0.4 is 15.3 Å². The molecule has 0 aliphatic carbocycles. The van der Waals surface area contributed by atoms with Gasteiger partial charge in [0, 0.05) is 133 Å². The molecule has 1 atom stereocenters. The Morgan fingerprint density at radius 2 is 1.16 bits per heavy atom. The third-order valence-corrected chi connectivity index (χ3v) is 11.4. The third-order valence-electron chi connectivity index (χ3n) is 11.4. The van der Waals surface area contributed by atoms with Crippen LogP contribution in [0.5, 0.6) is 0 Å². The number of carbonyl (C=O) groups is 5. The van der Waals surface area contributed by atoms with Crippen LogP contribution in [0.2, 0.25) is 0 Å². The van der Waals surface area contributed by atoms with Gasteiger partial charge in [0.1, 0.15) is 7.05 Å². The Morgan fingerprint density at radius 1 is 0.683 bits per heavy atom. The molecular weight excluding hydrogens is 951 g/mol. The van der Waals surface area contributed by atoms with E-state index in [4.69, 9.17) is 0 Å². The van der Waals surface area contributed by atoms with Gasteiger partial charge in [-0.05, 0) is 42.8 Å². The maximum atomic E-state index is 14.1. The molecular formula is C43H58BEuN8O10+. The van der Waals surface area contributed by atoms with Crippen LogP contribution in [0.25, 0.3) is 21.7 Å². The maximum Gasteiger partial charge on any atom is 0.488 e. The standard InChI is InChI=1S/C43H57BN8O10.Eu/c1-46(2)37(33-11-7-8-12-35(33)44(61)62)24-45-43(60)42-32-10-6-5-9-31(32)34-23-30(13-14-36(34)48(42)4)25-47(3)38(53)26-49-15-17-50(27-39(54)55)19-21-52(29-41(58)59)22-20-51(18-16-49)28-40(56)57;/h5-14,23,37,61-62H,15-22,24-29H2,1-4H3,(H3-,45,54,55,56,57,58,59,60);/p+1. The van der Waals surface area contributed by atoms with Gasteiger partial charge in [-0.2, -0.15) is 4.57 Å². The second-order valence-corrected chi connectivity index (χ2v) is 16.0. The number of rotatable bonds is 16. The zero-order valence-corrected chi connectivity index (χ0v) is 38.6. The van der Waals surface area contributed by atoms with Gasteiger partial charge in [0.15, 0.2) is 0 Å². The molecule has 1 aliphatic heterocycles. The Kier molecular flexibility index (Phi) is 20.0. The van der Waals surface area contributed by atoms with Gasteiger partial charge < -0.3 is 40.5 Å². The average Bonchev–Trinajstić information content (AvgIpc) is 3.21. The first kappa shape index (κ1) is 51.7. The number of amides is 2. The number of aromatic nitrogens is 1. The molecule has 63 heavy (non-hydrogen) atoms. The quantitative estimate of drug-likeness (QED) is 0.0449. The Morgan fingerprint density at radius 3 is 1.65 bits per heavy atom. The Labute approximate surface area is 408 Å². The number of nitrogens with one attached hydrogen (secondary N) is 1. The van der Waals surface area contributed by atoms with E-state index in [1.807, 2.05) is 90.1 Å². The number of pyridine rings is 1. The van der Waals surface area contributed by atoms with Crippen LogP contribution in [0.4, 0.5) is 0 Å². The van der Waals surface area contributed by atoms with E-state index >= 15 is 0 Å². The molecule has 20 heteroatoms. The summed E-state index contributed by atoms with van der Waals surface area (Å²) in [4.78, 5) is 73.4. The van der Waals surface area contributed by atoms with E-state index < -0.39 is 25.0 Å². The number of fused-ring (bicyclic) bond motifs is 3. The largest absolute Gasteiger partial charge is 0.488 e. The number of carboxylic acids is 3. The fraction of sp³-hybridized carbons (Fsp3) is 0.442. The number of hydrogen-bond acceptors (Lipinski definition) is 12. The van der Waals surface area contributed by atoms with Crippen LogP contribution in [0.3, 0.4) is 0 Å². The Balaban J connectivity index is 0.00000871. The van der Waals surface area contributed by atoms with E-state index in [0.717, 1.165) is 27.2 Å². The van der Waals surface area contributed by atoms with Crippen molar-refractivity contribution in [2.75, 3.05) is 106 Å². The Bertz CT molecular complexity index is 2220. The van der Waals surface area contributed by atoms with Crippen molar-refractivity contribution in [1.82, 2.24) is 34.7 Å². The average molecular weight is 1010 g/mol. The minimum Gasteiger partial charge on any atom is -0.480 e. The topological polar surface area (TPSA) is 222 Å². The predicted molar refractivity (Wildman–Crippen MR) is 233 cm³/mol. The molecule has 18 nitrogen and oxygen atoms in total. The summed E-state index contributed by atoms with van der Waals surface area (Å²) in [5.74, 6) is -3.56. The zero-order valence-electron chi connectivity index (χ0n) is 36.2. The zero-order chi connectivity index (χ0) is 45.1. The Hall–Kier alpha value is -3.95. The molecule has 6 N–H and O–H groups in total. The molecule has 1 aliphatic rings. The van der Waals surface area contributed by atoms with Crippen molar-refractivity contribution < 1.29 is 103 Å². The van der Waals surface area contributed by atoms with Crippen LogP contribution in [0.1, 0.15) is 27.7 Å². The van der Waals surface area contributed by atoms with Crippen molar-refractivity contribution in [3.8, 4) is 0 Å². The van der Waals surface area contributed by atoms with Gasteiger partial charge >= 0.3 is 30.9 Å². The first-order valence-electron chi connectivity index (χ1n) is 20.5. The third kappa shape index (κ3) is 14.5. The van der Waals surface area contributed by atoms with Gasteiger partial charge in [0.25, 0.3) is 5.69 Å². The van der Waals surface area contributed by atoms with Gasteiger partial charge in [-0.3, -0.25) is 43.6 Å². The summed E-state index contributed by atoms with van der Waals surface area (Å²) in [6, 6.07) is 20.2. The summed E-state index contributed by atoms with van der Waals surface area (Å²) in [7, 11) is 5.60. The van der Waals surface area contributed by atoms with Crippen molar-refractivity contribution >= 4 is 64.0 Å². The van der Waals surface area contributed by atoms with Gasteiger partial charge in [-0.25, -0.2) is 0 Å². The molecule has 2 heterocycles. The van der Waals surface area contributed by atoms with Crippen LogP contribution in [-0.2, 0) is 32.8 Å². The van der Waals surface area contributed by atoms with Gasteiger partial charge in [-0.1, -0.05) is 48.5 Å². The van der Waals surface area contributed by atoms with Gasteiger partial charge in [-0.15, -0.1) is 0 Å². The summed E-state index contributed by atoms with van der Waals surface area (Å²) in [5.41, 5.74) is 3.16. The van der Waals surface area contributed by atoms with Crippen molar-refractivity contribution in [1.29, 1.82) is 0 Å². The number of nitrogens with zero attached hydrogens (tertiary/aromatic N) is 7. The molecule has 0 spiro atoms. The molecule has 1 unspecified atom stereocenters. The summed E-state index contributed by atoms with van der Waals surface area (Å²) in [6.45, 7) is 2.10. The fourth-order valence-corrected chi connectivity index (χ4v) is 8.04. The first-order valence-corrected chi connectivity index (χ1v) is 20.5. The molecule has 1 fully saturated rings. The summed E-state index contributed by atoms with van der Waals surface area (Å²) in [5, 5.41) is 54.2. The van der Waals surface area contributed by atoms with E-state index in [-0.39, 0.29) is 133 Å². The minimum atomic E-state index is -1.67. The maximum absolute atomic E-state index is 14.1. The summed E-state index contributed by atoms with van der Waals surface area (Å²) < 4.78 is 1.85. The SMILES string of the molecule is CN(Cc1ccc2c(c1)c1ccccc1c(C(=O)NCC(c1ccccc1B(O)O)N(C)C)[n+]2C)C(=O)CN1CCN(CC(=O)O)CCN(CC(=O)O)CCN(CC(=O)O)CC1.[Eu]. The van der Waals surface area contributed by atoms with E-state index in [2.05, 4.69) is 5.32 Å². The number of aliphatic carboxylic acids is 3. The molecule has 1 saturated heterocycles. The molecule has 4 aromatic rings.